The largest absolute Gasteiger partial charge is 0.478 e. The Kier molecular flexibility index (Phi) is 5.12. The number of ether oxygens (including phenoxy) is 1. The van der Waals surface area contributed by atoms with Crippen LogP contribution in [0.25, 0.3) is 0 Å². The van der Waals surface area contributed by atoms with Crippen LogP contribution < -0.4 is 0 Å². The van der Waals surface area contributed by atoms with Crippen molar-refractivity contribution in [1.82, 2.24) is 0 Å². The average molecular weight is 358 g/mol. The summed E-state index contributed by atoms with van der Waals surface area (Å²) in [6.07, 6.45) is 0. The highest BCUT2D eigenvalue weighted by Gasteiger charge is 2.23. The molecule has 0 radical (unpaired) electrons. The molecule has 0 atom stereocenters. The first kappa shape index (κ1) is 18.3. The van der Waals surface area contributed by atoms with Gasteiger partial charge in [-0.3, -0.25) is 0 Å². The molecule has 0 amide bonds. The minimum atomic E-state index is -1.51. The lowest BCUT2D eigenvalue weighted by Crippen LogP contribution is -2.17. The Morgan fingerprint density at radius 3 is 1.58 bits per heavy atom. The van der Waals surface area contributed by atoms with Gasteiger partial charge in [-0.25, -0.2) is 24.0 Å². The summed E-state index contributed by atoms with van der Waals surface area (Å²) in [5.74, 6) is -6.61. The van der Waals surface area contributed by atoms with Gasteiger partial charge in [-0.15, -0.1) is 0 Å². The molecule has 0 spiro atoms. The van der Waals surface area contributed by atoms with Gasteiger partial charge in [-0.05, 0) is 42.5 Å². The number of carboxylic acids is 3. The Labute approximate surface area is 145 Å². The molecule has 9 heteroatoms. The number of carbonyl (C=O) groups excluding carboxylic acids is 2. The molecule has 0 saturated carbocycles. The molecule has 2 aromatic carbocycles. The van der Waals surface area contributed by atoms with Gasteiger partial charge >= 0.3 is 29.8 Å². The van der Waals surface area contributed by atoms with E-state index in [0.717, 1.165) is 42.5 Å². The third-order valence-electron chi connectivity index (χ3n) is 3.27. The predicted molar refractivity (Wildman–Crippen MR) is 83.5 cm³/mol. The van der Waals surface area contributed by atoms with Crippen molar-refractivity contribution < 1.29 is 44.0 Å². The second-order valence-electron chi connectivity index (χ2n) is 4.93. The highest BCUT2D eigenvalue weighted by atomic mass is 16.6. The van der Waals surface area contributed by atoms with Crippen LogP contribution in [0.1, 0.15) is 51.8 Å². The van der Waals surface area contributed by atoms with E-state index in [1.165, 1.54) is 0 Å². The molecule has 0 aliphatic heterocycles. The van der Waals surface area contributed by atoms with Gasteiger partial charge in [0, 0.05) is 0 Å². The molecule has 3 N–H and O–H groups in total. The van der Waals surface area contributed by atoms with Crippen LogP contribution in [0.15, 0.2) is 42.5 Å². The lowest BCUT2D eigenvalue weighted by molar-refractivity contribution is 0.0391. The minimum absolute atomic E-state index is 0.0878. The summed E-state index contributed by atoms with van der Waals surface area (Å²) in [7, 11) is 0. The van der Waals surface area contributed by atoms with Crippen molar-refractivity contribution in [1.29, 1.82) is 0 Å². The van der Waals surface area contributed by atoms with Crippen molar-refractivity contribution >= 4 is 29.8 Å². The molecular formula is C17H10O9. The fourth-order valence-electron chi connectivity index (χ4n) is 1.98. The van der Waals surface area contributed by atoms with Gasteiger partial charge in [0.15, 0.2) is 0 Å². The molecule has 0 bridgehead atoms. The van der Waals surface area contributed by atoms with Gasteiger partial charge in [0.2, 0.25) is 0 Å². The fourth-order valence-corrected chi connectivity index (χ4v) is 1.98. The van der Waals surface area contributed by atoms with E-state index in [4.69, 9.17) is 15.3 Å². The monoisotopic (exact) mass is 358 g/mol. The first-order chi connectivity index (χ1) is 12.2. The molecule has 2 aromatic rings. The highest BCUT2D eigenvalue weighted by molar-refractivity contribution is 6.09. The number of esters is 2. The summed E-state index contributed by atoms with van der Waals surface area (Å²) in [6, 6.07) is 7.17. The number of aromatic carboxylic acids is 3. The van der Waals surface area contributed by atoms with Gasteiger partial charge in [0.25, 0.3) is 0 Å². The summed E-state index contributed by atoms with van der Waals surface area (Å²) < 4.78 is 4.57. The zero-order valence-corrected chi connectivity index (χ0v) is 12.8. The van der Waals surface area contributed by atoms with Crippen molar-refractivity contribution in [3.8, 4) is 0 Å². The van der Waals surface area contributed by atoms with Crippen LogP contribution in [0.5, 0.6) is 0 Å². The Morgan fingerprint density at radius 1 is 0.577 bits per heavy atom. The van der Waals surface area contributed by atoms with Gasteiger partial charge in [-0.1, -0.05) is 0 Å². The smallest absolute Gasteiger partial charge is 0.346 e. The number of carbonyl (C=O) groups is 5. The normalized spacial score (nSPS) is 10.0. The van der Waals surface area contributed by atoms with Gasteiger partial charge in [0.05, 0.1) is 27.8 Å². The van der Waals surface area contributed by atoms with Crippen molar-refractivity contribution in [2.75, 3.05) is 0 Å². The Hall–Kier alpha value is -4.01. The third kappa shape index (κ3) is 3.90. The summed E-state index contributed by atoms with van der Waals surface area (Å²) in [6.45, 7) is 0. The number of benzene rings is 2. The Morgan fingerprint density at radius 2 is 1.08 bits per heavy atom. The molecule has 0 aromatic heterocycles. The predicted octanol–water partition coefficient (Wildman–Crippen LogP) is 1.78. The van der Waals surface area contributed by atoms with E-state index in [-0.39, 0.29) is 16.7 Å². The summed E-state index contributed by atoms with van der Waals surface area (Å²) in [5, 5.41) is 26.8. The van der Waals surface area contributed by atoms with Crippen LogP contribution in [-0.2, 0) is 4.74 Å². The van der Waals surface area contributed by atoms with Crippen molar-refractivity contribution in [3.63, 3.8) is 0 Å². The molecule has 9 nitrogen and oxygen atoms in total. The van der Waals surface area contributed by atoms with E-state index in [1.54, 1.807) is 0 Å². The van der Waals surface area contributed by atoms with Crippen LogP contribution in [0.4, 0.5) is 0 Å². The summed E-state index contributed by atoms with van der Waals surface area (Å²) in [4.78, 5) is 57.0. The molecule has 0 unspecified atom stereocenters. The molecular weight excluding hydrogens is 348 g/mol. The Bertz CT molecular complexity index is 926. The van der Waals surface area contributed by atoms with E-state index in [1.807, 2.05) is 0 Å². The minimum Gasteiger partial charge on any atom is -0.478 e. The van der Waals surface area contributed by atoms with Gasteiger partial charge < -0.3 is 20.1 Å². The number of rotatable bonds is 5. The highest BCUT2D eigenvalue weighted by Crippen LogP contribution is 2.16. The maximum Gasteiger partial charge on any atom is 0.346 e. The van der Waals surface area contributed by atoms with E-state index >= 15 is 0 Å². The SMILES string of the molecule is O=C(O)c1ccc(C(=O)OC(=O)c2cc(C(=O)O)ccc2C(=O)O)cc1. The van der Waals surface area contributed by atoms with Gasteiger partial charge in [0.1, 0.15) is 0 Å². The molecule has 0 fully saturated rings. The van der Waals surface area contributed by atoms with Gasteiger partial charge in [-0.2, -0.15) is 0 Å². The van der Waals surface area contributed by atoms with Crippen molar-refractivity contribution in [2.45, 2.75) is 0 Å². The molecule has 0 heterocycles. The molecule has 0 aliphatic carbocycles. The maximum atomic E-state index is 12.1. The molecule has 26 heavy (non-hydrogen) atoms. The van der Waals surface area contributed by atoms with E-state index in [9.17, 15) is 24.0 Å². The lowest BCUT2D eigenvalue weighted by Gasteiger charge is -2.07. The maximum absolute atomic E-state index is 12.1. The topological polar surface area (TPSA) is 155 Å². The van der Waals surface area contributed by atoms with Crippen LogP contribution in [0.2, 0.25) is 0 Å². The number of carboxylic acid groups (broad SMARTS) is 3. The van der Waals surface area contributed by atoms with Crippen LogP contribution >= 0.6 is 0 Å². The zero-order valence-electron chi connectivity index (χ0n) is 12.8. The number of hydrogen-bond acceptors (Lipinski definition) is 6. The molecule has 0 aliphatic rings. The summed E-state index contributed by atoms with van der Waals surface area (Å²) >= 11 is 0. The zero-order chi connectivity index (χ0) is 19.4. The van der Waals surface area contributed by atoms with Crippen molar-refractivity contribution in [2.24, 2.45) is 0 Å². The number of hydrogen-bond donors (Lipinski definition) is 3. The molecule has 0 saturated heterocycles. The lowest BCUT2D eigenvalue weighted by atomic mass is 10.0. The second kappa shape index (κ2) is 7.26. The van der Waals surface area contributed by atoms with Crippen molar-refractivity contribution in [3.05, 3.63) is 70.3 Å². The third-order valence-corrected chi connectivity index (χ3v) is 3.27. The molecule has 132 valence electrons. The quantitative estimate of drug-likeness (QED) is 0.535. The molecule has 2 rings (SSSR count). The first-order valence-electron chi connectivity index (χ1n) is 6.91. The van der Waals surface area contributed by atoms with Crippen LogP contribution in [0.3, 0.4) is 0 Å². The average Bonchev–Trinajstić information content (AvgIpc) is 2.60. The second-order valence-corrected chi connectivity index (χ2v) is 4.93. The van der Waals surface area contributed by atoms with E-state index in [0.29, 0.717) is 0 Å². The standard InChI is InChI=1S/C17H10O9/c18-13(19)8-1-3-9(4-2-8)16(24)26-17(25)12-7-10(14(20)21)5-6-11(12)15(22)23/h1-7H,(H,18,19)(H,20,21)(H,22,23). The fraction of sp³-hybridized carbons (Fsp3) is 0. The Balaban J connectivity index is 2.29. The van der Waals surface area contributed by atoms with Crippen LogP contribution in [-0.4, -0.2) is 45.2 Å². The first-order valence-corrected chi connectivity index (χ1v) is 6.91. The van der Waals surface area contributed by atoms with E-state index < -0.39 is 41.0 Å². The van der Waals surface area contributed by atoms with Crippen LogP contribution in [0, 0.1) is 0 Å². The summed E-state index contributed by atoms with van der Waals surface area (Å²) in [5.41, 5.74) is -1.73. The van der Waals surface area contributed by atoms with E-state index in [2.05, 4.69) is 4.74 Å².